The number of amides is 2. The molecule has 0 aliphatic rings. The summed E-state index contributed by atoms with van der Waals surface area (Å²) in [4.78, 5) is 33.0. The van der Waals surface area contributed by atoms with Crippen molar-refractivity contribution in [1.82, 2.24) is 24.5 Å². The molecule has 11 nitrogen and oxygen atoms in total. The molecule has 0 saturated heterocycles. The normalized spacial score (nSPS) is 11.4. The van der Waals surface area contributed by atoms with Crippen LogP contribution in [-0.4, -0.2) is 45.1 Å². The summed E-state index contributed by atoms with van der Waals surface area (Å²) in [5, 5.41) is 10.1. The van der Waals surface area contributed by atoms with Crippen molar-refractivity contribution in [3.8, 4) is 11.1 Å². The molecule has 2 amide bonds. The summed E-state index contributed by atoms with van der Waals surface area (Å²) in [7, 11) is -3.52. The van der Waals surface area contributed by atoms with E-state index in [2.05, 4.69) is 25.7 Å². The van der Waals surface area contributed by atoms with Gasteiger partial charge in [-0.05, 0) is 54.6 Å². The predicted octanol–water partition coefficient (Wildman–Crippen LogP) is 1.84. The molecular formula is C23H23N7O4S. The average Bonchev–Trinajstić information content (AvgIpc) is 3.32. The van der Waals surface area contributed by atoms with Crippen molar-refractivity contribution >= 4 is 44.1 Å². The van der Waals surface area contributed by atoms with Crippen molar-refractivity contribution in [2.75, 3.05) is 16.8 Å². The average molecular weight is 494 g/mol. The second-order valence-corrected chi connectivity index (χ2v) is 9.92. The van der Waals surface area contributed by atoms with Crippen molar-refractivity contribution < 1.29 is 18.0 Å². The standard InChI is InChI=1S/C23H23N7O4S/c1-3-35(33,34)30-13-15(10-28-30)9-27-22(31)23(32)29-21-8-17-6-16(7-20(24)19(17)12-26-21)18-11-25-5-4-14(18)2/h4-8,10-13H,3,9,24H2,1-2H3,(H,27,31)(H,26,29,32). The molecule has 1 aromatic carbocycles. The summed E-state index contributed by atoms with van der Waals surface area (Å²) in [5.74, 6) is -1.76. The van der Waals surface area contributed by atoms with Crippen LogP contribution in [0.4, 0.5) is 11.5 Å². The molecule has 0 radical (unpaired) electrons. The molecular weight excluding hydrogens is 470 g/mol. The van der Waals surface area contributed by atoms with Crippen LogP contribution < -0.4 is 16.4 Å². The van der Waals surface area contributed by atoms with E-state index in [0.717, 1.165) is 26.2 Å². The Morgan fingerprint density at radius 2 is 1.91 bits per heavy atom. The van der Waals surface area contributed by atoms with Crippen molar-refractivity contribution in [1.29, 1.82) is 0 Å². The molecule has 0 atom stereocenters. The largest absolute Gasteiger partial charge is 0.398 e. The van der Waals surface area contributed by atoms with Crippen molar-refractivity contribution in [3.63, 3.8) is 0 Å². The van der Waals surface area contributed by atoms with Gasteiger partial charge < -0.3 is 16.4 Å². The van der Waals surface area contributed by atoms with Gasteiger partial charge in [-0.3, -0.25) is 14.6 Å². The maximum atomic E-state index is 12.4. The third kappa shape index (κ3) is 5.11. The quantitative estimate of drug-likeness (QED) is 0.271. The van der Waals surface area contributed by atoms with Gasteiger partial charge in [0.05, 0.1) is 11.9 Å². The number of rotatable bonds is 6. The summed E-state index contributed by atoms with van der Waals surface area (Å²) < 4.78 is 24.5. The van der Waals surface area contributed by atoms with Gasteiger partial charge in [0.25, 0.3) is 10.0 Å². The highest BCUT2D eigenvalue weighted by Crippen LogP contribution is 2.31. The molecule has 12 heteroatoms. The van der Waals surface area contributed by atoms with Gasteiger partial charge in [0.1, 0.15) is 5.82 Å². The smallest absolute Gasteiger partial charge is 0.314 e. The minimum Gasteiger partial charge on any atom is -0.398 e. The highest BCUT2D eigenvalue weighted by Gasteiger charge is 2.17. The van der Waals surface area contributed by atoms with E-state index in [4.69, 9.17) is 5.73 Å². The van der Waals surface area contributed by atoms with Gasteiger partial charge in [0.15, 0.2) is 0 Å². The first kappa shape index (κ1) is 23.8. The third-order valence-corrected chi connectivity index (χ3v) is 6.88. The molecule has 0 saturated carbocycles. The second kappa shape index (κ2) is 9.50. The second-order valence-electron chi connectivity index (χ2n) is 7.81. The number of aromatic nitrogens is 4. The van der Waals surface area contributed by atoms with Gasteiger partial charge >= 0.3 is 11.8 Å². The number of nitrogen functional groups attached to an aromatic ring is 1. The van der Waals surface area contributed by atoms with Crippen LogP contribution in [0.25, 0.3) is 21.9 Å². The minimum atomic E-state index is -3.52. The first-order valence-electron chi connectivity index (χ1n) is 10.6. The Bertz CT molecular complexity index is 1550. The SMILES string of the molecule is CCS(=O)(=O)n1cc(CNC(=O)C(=O)Nc2cc3cc(-c4cnccc4C)cc(N)c3cn2)cn1. The molecule has 35 heavy (non-hydrogen) atoms. The van der Waals surface area contributed by atoms with Crippen molar-refractivity contribution in [2.24, 2.45) is 0 Å². The van der Waals surface area contributed by atoms with Crippen LogP contribution in [0, 0.1) is 6.92 Å². The van der Waals surface area contributed by atoms with Crippen LogP contribution in [0.1, 0.15) is 18.1 Å². The number of carbonyl (C=O) groups is 2. The molecule has 0 aliphatic carbocycles. The van der Waals surface area contributed by atoms with Crippen molar-refractivity contribution in [3.05, 3.63) is 66.4 Å². The summed E-state index contributed by atoms with van der Waals surface area (Å²) in [6.45, 7) is 3.40. The van der Waals surface area contributed by atoms with E-state index in [1.165, 1.54) is 25.5 Å². The molecule has 3 heterocycles. The highest BCUT2D eigenvalue weighted by atomic mass is 32.2. The predicted molar refractivity (Wildman–Crippen MR) is 132 cm³/mol. The molecule has 0 unspecified atom stereocenters. The number of aryl methyl sites for hydroxylation is 1. The Morgan fingerprint density at radius 3 is 2.66 bits per heavy atom. The Hall–Kier alpha value is -4.32. The molecule has 0 spiro atoms. The Kier molecular flexibility index (Phi) is 6.47. The summed E-state index contributed by atoms with van der Waals surface area (Å²) in [6.07, 6.45) is 7.59. The van der Waals surface area contributed by atoms with Crippen LogP contribution in [0.5, 0.6) is 0 Å². The van der Waals surface area contributed by atoms with Gasteiger partial charge in [-0.15, -0.1) is 0 Å². The number of nitrogens with zero attached hydrogens (tertiary/aromatic N) is 4. The Balaban J connectivity index is 1.47. The first-order valence-corrected chi connectivity index (χ1v) is 12.2. The zero-order valence-corrected chi connectivity index (χ0v) is 19.8. The van der Waals surface area contributed by atoms with Crippen LogP contribution in [0.15, 0.2) is 55.2 Å². The molecule has 4 rings (SSSR count). The molecule has 4 N–H and O–H groups in total. The van der Waals surface area contributed by atoms with Crippen LogP contribution in [0.3, 0.4) is 0 Å². The van der Waals surface area contributed by atoms with E-state index in [1.54, 1.807) is 18.5 Å². The number of carbonyl (C=O) groups excluding carboxylic acids is 2. The minimum absolute atomic E-state index is 0.0685. The molecule has 0 bridgehead atoms. The Morgan fingerprint density at radius 1 is 1.11 bits per heavy atom. The summed E-state index contributed by atoms with van der Waals surface area (Å²) in [6, 6.07) is 7.29. The number of pyridine rings is 2. The Labute approximate surface area is 201 Å². The van der Waals surface area contributed by atoms with E-state index in [1.807, 2.05) is 25.1 Å². The van der Waals surface area contributed by atoms with Crippen LogP contribution in [-0.2, 0) is 26.2 Å². The van der Waals surface area contributed by atoms with Gasteiger partial charge in [-0.2, -0.15) is 9.19 Å². The lowest BCUT2D eigenvalue weighted by molar-refractivity contribution is -0.136. The number of nitrogens with one attached hydrogen (secondary N) is 2. The van der Waals surface area contributed by atoms with Crippen LogP contribution in [0.2, 0.25) is 0 Å². The first-order chi connectivity index (χ1) is 16.7. The zero-order valence-electron chi connectivity index (χ0n) is 19.0. The summed E-state index contributed by atoms with van der Waals surface area (Å²) >= 11 is 0. The van der Waals surface area contributed by atoms with E-state index >= 15 is 0 Å². The molecule has 4 aromatic rings. The molecule has 0 fully saturated rings. The zero-order chi connectivity index (χ0) is 25.2. The third-order valence-electron chi connectivity index (χ3n) is 5.38. The van der Waals surface area contributed by atoms with E-state index in [-0.39, 0.29) is 18.1 Å². The van der Waals surface area contributed by atoms with Gasteiger partial charge in [0, 0.05) is 53.5 Å². The topological polar surface area (TPSA) is 162 Å². The van der Waals surface area contributed by atoms with Gasteiger partial charge in [0.2, 0.25) is 0 Å². The molecule has 0 aliphatic heterocycles. The highest BCUT2D eigenvalue weighted by molar-refractivity contribution is 7.89. The number of nitrogens with two attached hydrogens (primary N) is 1. The number of hydrogen-bond donors (Lipinski definition) is 3. The lowest BCUT2D eigenvalue weighted by Gasteiger charge is -2.11. The lowest BCUT2D eigenvalue weighted by atomic mass is 9.99. The molecule has 3 aromatic heterocycles. The maximum Gasteiger partial charge on any atom is 0.314 e. The van der Waals surface area contributed by atoms with E-state index < -0.39 is 21.8 Å². The number of fused-ring (bicyclic) bond motifs is 1. The molecule has 180 valence electrons. The van der Waals surface area contributed by atoms with Crippen molar-refractivity contribution in [2.45, 2.75) is 20.4 Å². The lowest BCUT2D eigenvalue weighted by Crippen LogP contribution is -2.35. The number of benzene rings is 1. The fraction of sp³-hybridized carbons (Fsp3) is 0.174. The summed E-state index contributed by atoms with van der Waals surface area (Å²) in [5.41, 5.74) is 10.0. The maximum absolute atomic E-state index is 12.4. The van der Waals surface area contributed by atoms with E-state index in [0.29, 0.717) is 16.6 Å². The van der Waals surface area contributed by atoms with Gasteiger partial charge in [-0.1, -0.05) is 0 Å². The van der Waals surface area contributed by atoms with E-state index in [9.17, 15) is 18.0 Å². The fourth-order valence-corrected chi connectivity index (χ4v) is 4.18. The number of hydrogen-bond acceptors (Lipinski definition) is 8. The number of anilines is 2. The van der Waals surface area contributed by atoms with Gasteiger partial charge in [-0.25, -0.2) is 13.4 Å². The fourth-order valence-electron chi connectivity index (χ4n) is 3.43. The van der Waals surface area contributed by atoms with Crippen LogP contribution >= 0.6 is 0 Å². The monoisotopic (exact) mass is 493 g/mol.